The molecule has 0 radical (unpaired) electrons. The lowest BCUT2D eigenvalue weighted by Crippen LogP contribution is -2.43. The highest BCUT2D eigenvalue weighted by Crippen LogP contribution is 2.66. The van der Waals surface area contributed by atoms with Crippen LogP contribution in [0.4, 0.5) is 0 Å². The molecular weight excluding hydrogens is 528 g/mol. The van der Waals surface area contributed by atoms with Crippen LogP contribution in [0.2, 0.25) is 0 Å². The van der Waals surface area contributed by atoms with Crippen LogP contribution in [-0.2, 0) is 29.3 Å². The summed E-state index contributed by atoms with van der Waals surface area (Å²) in [5, 5.41) is 0. The lowest BCUT2D eigenvalue weighted by atomic mass is 9.70. The number of benzene rings is 1. The first-order chi connectivity index (χ1) is 17.5. The summed E-state index contributed by atoms with van der Waals surface area (Å²) in [5.41, 5.74) is -3.15. The molecule has 0 unspecified atom stereocenters. The van der Waals surface area contributed by atoms with E-state index in [0.29, 0.717) is 25.7 Å². The number of carbonyl (C=O) groups is 2. The standard InChI is InChI=1S/C28H38O8S2/c1-25(2)17-7-9-27(25,23(29)11-17)15-37(31,32)21-13-19(35-5)20(36-6)14-22(21)38(33,34)16-28-10-8-18(12-24(28)30)26(28,3)4/h13-14,17-18H,7-12,15-16H2,1-6H3/t17-,18-,27-,28-/m1/s1. The second-order valence-electron chi connectivity index (χ2n) is 13.0. The van der Waals surface area contributed by atoms with E-state index in [9.17, 15) is 26.4 Å². The fraction of sp³-hybridized carbons (Fsp3) is 0.714. The highest BCUT2D eigenvalue weighted by molar-refractivity contribution is 7.94. The molecule has 4 bridgehead atoms. The lowest BCUT2D eigenvalue weighted by Gasteiger charge is -2.37. The number of hydrogen-bond donors (Lipinski definition) is 0. The van der Waals surface area contributed by atoms with Crippen molar-refractivity contribution in [1.82, 2.24) is 0 Å². The number of rotatable bonds is 8. The third-order valence-electron chi connectivity index (χ3n) is 11.3. The number of ether oxygens (including phenoxy) is 2. The summed E-state index contributed by atoms with van der Waals surface area (Å²) < 4.78 is 67.3. The molecule has 4 aliphatic carbocycles. The van der Waals surface area contributed by atoms with Crippen LogP contribution in [0.3, 0.4) is 0 Å². The SMILES string of the molecule is COc1cc(S(=O)(=O)C[C@]23CC[C@H](CC2=O)C3(C)C)c(S(=O)(=O)C[C@]23CC[C@H](CC2=O)C3(C)C)cc1OC. The molecule has 8 nitrogen and oxygen atoms in total. The third kappa shape index (κ3) is 3.44. The topological polar surface area (TPSA) is 121 Å². The van der Waals surface area contributed by atoms with Gasteiger partial charge in [0.15, 0.2) is 31.2 Å². The number of hydrogen-bond acceptors (Lipinski definition) is 8. The first-order valence-electron chi connectivity index (χ1n) is 13.3. The van der Waals surface area contributed by atoms with Gasteiger partial charge in [-0.15, -0.1) is 0 Å². The highest BCUT2D eigenvalue weighted by atomic mass is 32.2. The van der Waals surface area contributed by atoms with E-state index in [2.05, 4.69) is 0 Å². The van der Waals surface area contributed by atoms with Gasteiger partial charge in [-0.25, -0.2) is 16.8 Å². The van der Waals surface area contributed by atoms with Gasteiger partial charge in [0.1, 0.15) is 11.6 Å². The zero-order chi connectivity index (χ0) is 28.1. The van der Waals surface area contributed by atoms with Gasteiger partial charge in [0, 0.05) is 35.8 Å². The summed E-state index contributed by atoms with van der Waals surface area (Å²) in [6, 6.07) is 2.40. The van der Waals surface area contributed by atoms with Crippen LogP contribution in [0.15, 0.2) is 21.9 Å². The van der Waals surface area contributed by atoms with E-state index >= 15 is 0 Å². The summed E-state index contributed by atoms with van der Waals surface area (Å²) in [5.74, 6) is -0.661. The average molecular weight is 567 g/mol. The van der Waals surface area contributed by atoms with Crippen LogP contribution in [0.5, 0.6) is 11.5 Å². The molecule has 1 aromatic rings. The summed E-state index contributed by atoms with van der Waals surface area (Å²) in [6.45, 7) is 7.78. The molecule has 5 rings (SSSR count). The van der Waals surface area contributed by atoms with Crippen molar-refractivity contribution in [1.29, 1.82) is 0 Å². The Morgan fingerprint density at radius 3 is 1.29 bits per heavy atom. The fourth-order valence-electron chi connectivity index (χ4n) is 8.35. The van der Waals surface area contributed by atoms with Gasteiger partial charge in [0.2, 0.25) is 0 Å². The molecule has 210 valence electrons. The number of Topliss-reactive ketones (excluding diaryl/α,β-unsaturated/α-hetero) is 2. The second-order valence-corrected chi connectivity index (χ2v) is 16.9. The van der Waals surface area contributed by atoms with Crippen LogP contribution in [0, 0.1) is 33.5 Å². The van der Waals surface area contributed by atoms with Crippen LogP contribution in [0.25, 0.3) is 0 Å². The molecule has 4 atom stereocenters. The van der Waals surface area contributed by atoms with Crippen molar-refractivity contribution in [3.63, 3.8) is 0 Å². The zero-order valence-electron chi connectivity index (χ0n) is 23.0. The molecule has 0 aliphatic heterocycles. The number of methoxy groups -OCH3 is 2. The zero-order valence-corrected chi connectivity index (χ0v) is 24.7. The van der Waals surface area contributed by atoms with E-state index in [1.807, 2.05) is 27.7 Å². The minimum absolute atomic E-state index is 0.0682. The minimum Gasteiger partial charge on any atom is -0.493 e. The van der Waals surface area contributed by atoms with E-state index < -0.39 is 62.6 Å². The van der Waals surface area contributed by atoms with Crippen molar-refractivity contribution in [3.05, 3.63) is 12.1 Å². The van der Waals surface area contributed by atoms with Crippen molar-refractivity contribution < 1.29 is 35.9 Å². The highest BCUT2D eigenvalue weighted by Gasteiger charge is 2.67. The molecule has 38 heavy (non-hydrogen) atoms. The van der Waals surface area contributed by atoms with Gasteiger partial charge in [-0.2, -0.15) is 0 Å². The Kier molecular flexibility index (Phi) is 6.02. The molecule has 0 heterocycles. The summed E-state index contributed by atoms with van der Waals surface area (Å²) in [4.78, 5) is 25.5. The summed E-state index contributed by atoms with van der Waals surface area (Å²) in [6.07, 6.45) is 3.16. The molecule has 0 aromatic heterocycles. The molecule has 4 aliphatic rings. The van der Waals surface area contributed by atoms with Gasteiger partial charge in [-0.3, -0.25) is 9.59 Å². The van der Waals surface area contributed by atoms with Gasteiger partial charge in [-0.1, -0.05) is 27.7 Å². The molecule has 0 spiro atoms. The summed E-state index contributed by atoms with van der Waals surface area (Å²) in [7, 11) is -5.85. The van der Waals surface area contributed by atoms with Crippen molar-refractivity contribution >= 4 is 31.2 Å². The number of carbonyl (C=O) groups excluding carboxylic acids is 2. The average Bonchev–Trinajstić information content (AvgIpc) is 3.35. The fourth-order valence-corrected chi connectivity index (χ4v) is 13.4. The van der Waals surface area contributed by atoms with Gasteiger partial charge < -0.3 is 9.47 Å². The van der Waals surface area contributed by atoms with E-state index in [4.69, 9.17) is 9.47 Å². The monoisotopic (exact) mass is 566 g/mol. The molecule has 4 saturated carbocycles. The maximum absolute atomic E-state index is 14.1. The van der Waals surface area contributed by atoms with E-state index in [0.717, 1.165) is 12.8 Å². The normalized spacial score (nSPS) is 33.2. The molecule has 0 saturated heterocycles. The Morgan fingerprint density at radius 2 is 1.05 bits per heavy atom. The lowest BCUT2D eigenvalue weighted by molar-refractivity contribution is -0.128. The van der Waals surface area contributed by atoms with Crippen molar-refractivity contribution in [2.24, 2.45) is 33.5 Å². The Hall–Kier alpha value is -1.94. The molecule has 4 fully saturated rings. The van der Waals surface area contributed by atoms with Crippen LogP contribution >= 0.6 is 0 Å². The number of sulfone groups is 2. The first-order valence-corrected chi connectivity index (χ1v) is 16.6. The molecular formula is C28H38O8S2. The van der Waals surface area contributed by atoms with Crippen molar-refractivity contribution in [3.8, 4) is 11.5 Å². The second kappa shape index (κ2) is 8.29. The Bertz CT molecular complexity index is 1330. The molecule has 0 N–H and O–H groups in total. The number of fused-ring (bicyclic) bond motifs is 4. The number of ketones is 2. The smallest absolute Gasteiger partial charge is 0.180 e. The van der Waals surface area contributed by atoms with Gasteiger partial charge >= 0.3 is 0 Å². The minimum atomic E-state index is -4.28. The Balaban J connectivity index is 1.64. The van der Waals surface area contributed by atoms with Crippen LogP contribution in [0.1, 0.15) is 66.2 Å². The quantitative estimate of drug-likeness (QED) is 0.462. The first kappa shape index (κ1) is 27.6. The Labute approximate surface area is 225 Å². The van der Waals surface area contributed by atoms with E-state index in [-0.39, 0.29) is 34.9 Å². The molecule has 10 heteroatoms. The third-order valence-corrected chi connectivity index (χ3v) is 15.2. The van der Waals surface area contributed by atoms with Crippen LogP contribution < -0.4 is 9.47 Å². The van der Waals surface area contributed by atoms with Crippen molar-refractivity contribution in [2.75, 3.05) is 25.7 Å². The van der Waals surface area contributed by atoms with E-state index in [1.165, 1.54) is 26.4 Å². The maximum atomic E-state index is 14.1. The summed E-state index contributed by atoms with van der Waals surface area (Å²) >= 11 is 0. The van der Waals surface area contributed by atoms with Crippen LogP contribution in [-0.4, -0.2) is 54.1 Å². The largest absolute Gasteiger partial charge is 0.493 e. The molecule has 1 aromatic carbocycles. The Morgan fingerprint density at radius 1 is 0.711 bits per heavy atom. The predicted octanol–water partition coefficient (Wildman–Crippen LogP) is 4.04. The van der Waals surface area contributed by atoms with Gasteiger partial charge in [0.05, 0.1) is 35.5 Å². The maximum Gasteiger partial charge on any atom is 0.180 e. The predicted molar refractivity (Wildman–Crippen MR) is 141 cm³/mol. The van der Waals surface area contributed by atoms with Gasteiger partial charge in [-0.05, 0) is 48.3 Å². The van der Waals surface area contributed by atoms with Crippen molar-refractivity contribution in [2.45, 2.75) is 76.0 Å². The van der Waals surface area contributed by atoms with Gasteiger partial charge in [0.25, 0.3) is 0 Å². The molecule has 0 amide bonds. The van der Waals surface area contributed by atoms with E-state index in [1.54, 1.807) is 0 Å².